The standard InChI is InChI=1S/C15H17ClN2O2S/c1-10(15(20)18(2)7-8-19)21-14-5-6-17-13-9-11(16)3-4-12(13)14/h3-6,9-10,19H,7-8H2,1-2H3. The maximum Gasteiger partial charge on any atom is 0.235 e. The van der Waals surface area contributed by atoms with Gasteiger partial charge in [0, 0.05) is 35.1 Å². The molecule has 0 saturated heterocycles. The van der Waals surface area contributed by atoms with Gasteiger partial charge in [-0.1, -0.05) is 17.7 Å². The number of aliphatic hydroxyl groups is 1. The summed E-state index contributed by atoms with van der Waals surface area (Å²) in [6.07, 6.45) is 1.72. The molecule has 21 heavy (non-hydrogen) atoms. The number of nitrogens with zero attached hydrogens (tertiary/aromatic N) is 2. The topological polar surface area (TPSA) is 53.4 Å². The molecule has 1 amide bonds. The van der Waals surface area contributed by atoms with Crippen molar-refractivity contribution in [3.8, 4) is 0 Å². The Morgan fingerprint density at radius 2 is 2.24 bits per heavy atom. The van der Waals surface area contributed by atoms with Gasteiger partial charge in [0.05, 0.1) is 17.4 Å². The second-order valence-corrected chi connectivity index (χ2v) is 6.53. The lowest BCUT2D eigenvalue weighted by molar-refractivity contribution is -0.129. The highest BCUT2D eigenvalue weighted by atomic mass is 35.5. The Labute approximate surface area is 133 Å². The van der Waals surface area contributed by atoms with E-state index in [1.165, 1.54) is 16.7 Å². The van der Waals surface area contributed by atoms with Crippen molar-refractivity contribution < 1.29 is 9.90 Å². The summed E-state index contributed by atoms with van der Waals surface area (Å²) < 4.78 is 0. The van der Waals surface area contributed by atoms with Crippen LogP contribution in [0.25, 0.3) is 10.9 Å². The van der Waals surface area contributed by atoms with Gasteiger partial charge in [0.15, 0.2) is 0 Å². The average molecular weight is 325 g/mol. The van der Waals surface area contributed by atoms with Crippen LogP contribution in [0, 0.1) is 0 Å². The highest BCUT2D eigenvalue weighted by molar-refractivity contribution is 8.00. The molecule has 2 rings (SSSR count). The molecule has 1 aromatic carbocycles. The fourth-order valence-electron chi connectivity index (χ4n) is 2.01. The van der Waals surface area contributed by atoms with E-state index < -0.39 is 0 Å². The number of rotatable bonds is 5. The van der Waals surface area contributed by atoms with Crippen molar-refractivity contribution in [3.05, 3.63) is 35.5 Å². The average Bonchev–Trinajstić information content (AvgIpc) is 2.46. The zero-order valence-corrected chi connectivity index (χ0v) is 13.5. The predicted octanol–water partition coefficient (Wildman–Crippen LogP) is 2.82. The van der Waals surface area contributed by atoms with Crippen LogP contribution < -0.4 is 0 Å². The fraction of sp³-hybridized carbons (Fsp3) is 0.333. The Kier molecular flexibility index (Phi) is 5.45. The van der Waals surface area contributed by atoms with Crippen molar-refractivity contribution in [3.63, 3.8) is 0 Å². The molecule has 112 valence electrons. The van der Waals surface area contributed by atoms with E-state index in [9.17, 15) is 4.79 Å². The number of hydrogen-bond donors (Lipinski definition) is 1. The summed E-state index contributed by atoms with van der Waals surface area (Å²) in [6.45, 7) is 2.18. The summed E-state index contributed by atoms with van der Waals surface area (Å²) in [5, 5.41) is 10.3. The number of likely N-dealkylation sites (N-methyl/N-ethyl adjacent to an activating group) is 1. The lowest BCUT2D eigenvalue weighted by Gasteiger charge is -2.20. The second kappa shape index (κ2) is 7.11. The predicted molar refractivity (Wildman–Crippen MR) is 86.8 cm³/mol. The summed E-state index contributed by atoms with van der Waals surface area (Å²) >= 11 is 7.46. The number of amides is 1. The molecule has 1 atom stereocenters. The summed E-state index contributed by atoms with van der Waals surface area (Å²) in [5.41, 5.74) is 0.816. The van der Waals surface area contributed by atoms with Gasteiger partial charge in [0.2, 0.25) is 5.91 Å². The number of aromatic nitrogens is 1. The van der Waals surface area contributed by atoms with Crippen molar-refractivity contribution >= 4 is 40.2 Å². The minimum atomic E-state index is -0.233. The molecule has 1 aromatic heterocycles. The molecule has 0 aliphatic heterocycles. The number of carbonyl (C=O) groups is 1. The number of carbonyl (C=O) groups excluding carboxylic acids is 1. The van der Waals surface area contributed by atoms with E-state index in [2.05, 4.69) is 4.98 Å². The quantitative estimate of drug-likeness (QED) is 0.859. The Bertz CT molecular complexity index is 651. The van der Waals surface area contributed by atoms with E-state index in [-0.39, 0.29) is 17.8 Å². The number of aliphatic hydroxyl groups excluding tert-OH is 1. The Morgan fingerprint density at radius 1 is 1.48 bits per heavy atom. The van der Waals surface area contributed by atoms with Crippen LogP contribution in [0.5, 0.6) is 0 Å². The lowest BCUT2D eigenvalue weighted by Crippen LogP contribution is -2.35. The summed E-state index contributed by atoms with van der Waals surface area (Å²) in [6, 6.07) is 7.45. The molecule has 0 aliphatic carbocycles. The van der Waals surface area contributed by atoms with Crippen LogP contribution in [0.1, 0.15) is 6.92 Å². The maximum atomic E-state index is 12.2. The molecular formula is C15H17ClN2O2S. The van der Waals surface area contributed by atoms with Crippen molar-refractivity contribution in [2.75, 3.05) is 20.2 Å². The molecule has 1 heterocycles. The molecule has 0 bridgehead atoms. The molecule has 4 nitrogen and oxygen atoms in total. The SMILES string of the molecule is CC(Sc1ccnc2cc(Cl)ccc12)C(=O)N(C)CCO. The number of benzene rings is 1. The first-order valence-corrected chi connectivity index (χ1v) is 7.85. The van der Waals surface area contributed by atoms with Gasteiger partial charge in [-0.2, -0.15) is 0 Å². The molecule has 0 radical (unpaired) electrons. The van der Waals surface area contributed by atoms with Crippen molar-refractivity contribution in [1.82, 2.24) is 9.88 Å². The van der Waals surface area contributed by atoms with E-state index in [0.717, 1.165) is 15.8 Å². The van der Waals surface area contributed by atoms with Crippen LogP contribution >= 0.6 is 23.4 Å². The van der Waals surface area contributed by atoms with Crippen LogP contribution in [0.4, 0.5) is 0 Å². The van der Waals surface area contributed by atoms with Gasteiger partial charge < -0.3 is 10.0 Å². The number of pyridine rings is 1. The minimum Gasteiger partial charge on any atom is -0.395 e. The second-order valence-electron chi connectivity index (χ2n) is 4.71. The largest absolute Gasteiger partial charge is 0.395 e. The summed E-state index contributed by atoms with van der Waals surface area (Å²) in [7, 11) is 1.69. The number of halogens is 1. The van der Waals surface area contributed by atoms with Gasteiger partial charge in [-0.15, -0.1) is 11.8 Å². The highest BCUT2D eigenvalue weighted by Crippen LogP contribution is 2.31. The first-order chi connectivity index (χ1) is 10.0. The summed E-state index contributed by atoms with van der Waals surface area (Å²) in [5.74, 6) is -0.00650. The molecule has 6 heteroatoms. The Hall–Kier alpha value is -1.30. The van der Waals surface area contributed by atoms with Gasteiger partial charge in [-0.05, 0) is 25.1 Å². The smallest absolute Gasteiger partial charge is 0.235 e. The van der Waals surface area contributed by atoms with Crippen molar-refractivity contribution in [2.45, 2.75) is 17.1 Å². The van der Waals surface area contributed by atoms with Crippen molar-refractivity contribution in [1.29, 1.82) is 0 Å². The van der Waals surface area contributed by atoms with Gasteiger partial charge in [0.25, 0.3) is 0 Å². The third kappa shape index (κ3) is 3.87. The zero-order chi connectivity index (χ0) is 15.4. The molecule has 0 spiro atoms. The maximum absolute atomic E-state index is 12.2. The Balaban J connectivity index is 2.21. The van der Waals surface area contributed by atoms with E-state index in [1.807, 2.05) is 31.2 Å². The van der Waals surface area contributed by atoms with E-state index in [1.54, 1.807) is 13.2 Å². The van der Waals surface area contributed by atoms with Crippen LogP contribution in [0.15, 0.2) is 35.4 Å². The summed E-state index contributed by atoms with van der Waals surface area (Å²) in [4.78, 5) is 19.0. The molecule has 1 N–H and O–H groups in total. The zero-order valence-electron chi connectivity index (χ0n) is 11.9. The molecule has 0 fully saturated rings. The van der Waals surface area contributed by atoms with E-state index >= 15 is 0 Å². The minimum absolute atomic E-state index is 0.00650. The number of thioether (sulfide) groups is 1. The normalized spacial score (nSPS) is 12.4. The molecule has 0 saturated carbocycles. The van der Waals surface area contributed by atoms with Gasteiger partial charge in [-0.25, -0.2) is 0 Å². The third-order valence-corrected chi connectivity index (χ3v) is 4.53. The molecule has 2 aromatic rings. The van der Waals surface area contributed by atoms with Gasteiger partial charge in [-0.3, -0.25) is 9.78 Å². The van der Waals surface area contributed by atoms with Crippen LogP contribution in [-0.2, 0) is 4.79 Å². The fourth-order valence-corrected chi connectivity index (χ4v) is 3.28. The Morgan fingerprint density at radius 3 is 2.95 bits per heavy atom. The first kappa shape index (κ1) is 16.1. The third-order valence-electron chi connectivity index (χ3n) is 3.13. The van der Waals surface area contributed by atoms with Gasteiger partial charge >= 0.3 is 0 Å². The van der Waals surface area contributed by atoms with Crippen LogP contribution in [0.2, 0.25) is 5.02 Å². The molecule has 0 aliphatic rings. The monoisotopic (exact) mass is 324 g/mol. The number of hydrogen-bond acceptors (Lipinski definition) is 4. The van der Waals surface area contributed by atoms with Gasteiger partial charge in [0.1, 0.15) is 0 Å². The van der Waals surface area contributed by atoms with Crippen LogP contribution in [-0.4, -0.2) is 46.3 Å². The molecular weight excluding hydrogens is 308 g/mol. The van der Waals surface area contributed by atoms with E-state index in [4.69, 9.17) is 16.7 Å². The first-order valence-electron chi connectivity index (χ1n) is 6.59. The lowest BCUT2D eigenvalue weighted by atomic mass is 10.2. The highest BCUT2D eigenvalue weighted by Gasteiger charge is 2.19. The van der Waals surface area contributed by atoms with Crippen LogP contribution in [0.3, 0.4) is 0 Å². The molecule has 1 unspecified atom stereocenters. The number of fused-ring (bicyclic) bond motifs is 1. The van der Waals surface area contributed by atoms with Crippen molar-refractivity contribution in [2.24, 2.45) is 0 Å². The van der Waals surface area contributed by atoms with E-state index in [0.29, 0.717) is 11.6 Å².